The van der Waals surface area contributed by atoms with Gasteiger partial charge in [0.25, 0.3) is 0 Å². The van der Waals surface area contributed by atoms with Crippen molar-refractivity contribution in [1.29, 1.82) is 0 Å². The lowest BCUT2D eigenvalue weighted by molar-refractivity contribution is 0.0697. The number of halogens is 2. The molecule has 2 rings (SSSR count). The minimum absolute atomic E-state index is 0.0861. The number of benzene rings is 1. The summed E-state index contributed by atoms with van der Waals surface area (Å²) in [5, 5.41) is 8.93. The van der Waals surface area contributed by atoms with Gasteiger partial charge in [0.2, 0.25) is 0 Å². The predicted molar refractivity (Wildman–Crippen MR) is 56.5 cm³/mol. The molecular formula is C12H7F2NO2. The Labute approximate surface area is 95.4 Å². The first kappa shape index (κ1) is 11.2. The summed E-state index contributed by atoms with van der Waals surface area (Å²) in [4.78, 5) is 14.7. The molecule has 1 heterocycles. The molecule has 1 N–H and O–H groups in total. The Morgan fingerprint density at radius 2 is 1.94 bits per heavy atom. The third kappa shape index (κ3) is 1.99. The molecule has 0 bridgehead atoms. The van der Waals surface area contributed by atoms with Crippen molar-refractivity contribution in [2.75, 3.05) is 0 Å². The SMILES string of the molecule is O=C(O)c1cccnc1-c1cccc(F)c1F. The fourth-order valence-electron chi connectivity index (χ4n) is 1.48. The van der Waals surface area contributed by atoms with Crippen molar-refractivity contribution in [1.82, 2.24) is 4.98 Å². The molecule has 1 aromatic carbocycles. The van der Waals surface area contributed by atoms with E-state index >= 15 is 0 Å². The van der Waals surface area contributed by atoms with Crippen LogP contribution in [-0.4, -0.2) is 16.1 Å². The first-order valence-corrected chi connectivity index (χ1v) is 4.74. The maximum atomic E-state index is 13.5. The molecule has 0 fully saturated rings. The van der Waals surface area contributed by atoms with Gasteiger partial charge in [-0.3, -0.25) is 4.98 Å². The lowest BCUT2D eigenvalue weighted by Crippen LogP contribution is -2.02. The van der Waals surface area contributed by atoms with Gasteiger partial charge in [-0.2, -0.15) is 0 Å². The third-order valence-electron chi connectivity index (χ3n) is 2.24. The lowest BCUT2D eigenvalue weighted by Gasteiger charge is -2.06. The molecule has 0 aliphatic heterocycles. The smallest absolute Gasteiger partial charge is 0.337 e. The van der Waals surface area contributed by atoms with Crippen LogP contribution in [0.5, 0.6) is 0 Å². The van der Waals surface area contributed by atoms with Gasteiger partial charge in [-0.1, -0.05) is 6.07 Å². The highest BCUT2D eigenvalue weighted by molar-refractivity contribution is 5.94. The molecule has 5 heteroatoms. The Morgan fingerprint density at radius 3 is 2.65 bits per heavy atom. The second kappa shape index (κ2) is 4.29. The molecule has 1 aromatic heterocycles. The van der Waals surface area contributed by atoms with E-state index in [9.17, 15) is 13.6 Å². The summed E-state index contributed by atoms with van der Waals surface area (Å²) in [6.07, 6.45) is 1.33. The summed E-state index contributed by atoms with van der Waals surface area (Å²) >= 11 is 0. The van der Waals surface area contributed by atoms with Crippen LogP contribution < -0.4 is 0 Å². The Hall–Kier alpha value is -2.30. The molecule has 17 heavy (non-hydrogen) atoms. The molecule has 0 saturated heterocycles. The largest absolute Gasteiger partial charge is 0.478 e. The Morgan fingerprint density at radius 1 is 1.18 bits per heavy atom. The summed E-state index contributed by atoms with van der Waals surface area (Å²) in [6, 6.07) is 6.25. The number of carboxylic acid groups (broad SMARTS) is 1. The summed E-state index contributed by atoms with van der Waals surface area (Å²) in [5.74, 6) is -3.38. The molecule has 0 amide bonds. The zero-order valence-electron chi connectivity index (χ0n) is 8.52. The van der Waals surface area contributed by atoms with Crippen molar-refractivity contribution in [2.24, 2.45) is 0 Å². The number of rotatable bonds is 2. The lowest BCUT2D eigenvalue weighted by atomic mass is 10.1. The second-order valence-corrected chi connectivity index (χ2v) is 3.31. The first-order chi connectivity index (χ1) is 8.11. The fourth-order valence-corrected chi connectivity index (χ4v) is 1.48. The minimum Gasteiger partial charge on any atom is -0.478 e. The van der Waals surface area contributed by atoms with Crippen LogP contribution >= 0.6 is 0 Å². The second-order valence-electron chi connectivity index (χ2n) is 3.31. The van der Waals surface area contributed by atoms with E-state index in [0.29, 0.717) is 0 Å². The molecule has 0 spiro atoms. The highest BCUT2D eigenvalue weighted by atomic mass is 19.2. The van der Waals surface area contributed by atoms with E-state index in [-0.39, 0.29) is 16.8 Å². The maximum Gasteiger partial charge on any atom is 0.337 e. The van der Waals surface area contributed by atoms with Crippen LogP contribution in [0.25, 0.3) is 11.3 Å². The van der Waals surface area contributed by atoms with Crippen LogP contribution in [0.4, 0.5) is 8.78 Å². The van der Waals surface area contributed by atoms with Gasteiger partial charge in [-0.15, -0.1) is 0 Å². The topological polar surface area (TPSA) is 50.2 Å². The van der Waals surface area contributed by atoms with Gasteiger partial charge < -0.3 is 5.11 Å². The molecule has 0 unspecified atom stereocenters. The Balaban J connectivity index is 2.69. The van der Waals surface area contributed by atoms with E-state index < -0.39 is 17.6 Å². The number of pyridine rings is 1. The van der Waals surface area contributed by atoms with Gasteiger partial charge in [0.05, 0.1) is 11.3 Å². The number of aromatic carboxylic acids is 1. The van der Waals surface area contributed by atoms with Crippen LogP contribution in [0, 0.1) is 11.6 Å². The zero-order chi connectivity index (χ0) is 12.4. The normalized spacial score (nSPS) is 10.2. The van der Waals surface area contributed by atoms with Gasteiger partial charge in [0.1, 0.15) is 0 Å². The van der Waals surface area contributed by atoms with Gasteiger partial charge >= 0.3 is 5.97 Å². The molecule has 3 nitrogen and oxygen atoms in total. The molecular weight excluding hydrogens is 228 g/mol. The maximum absolute atomic E-state index is 13.5. The van der Waals surface area contributed by atoms with Gasteiger partial charge in [0, 0.05) is 11.8 Å². The standard InChI is InChI=1S/C12H7F2NO2/c13-9-5-1-3-7(10(9)14)11-8(12(16)17)4-2-6-15-11/h1-6H,(H,16,17). The van der Waals surface area contributed by atoms with E-state index in [2.05, 4.69) is 4.98 Å². The van der Waals surface area contributed by atoms with Crippen LogP contribution in [0.2, 0.25) is 0 Å². The molecule has 0 aliphatic carbocycles. The summed E-state index contributed by atoms with van der Waals surface area (Å²) in [6.45, 7) is 0. The quantitative estimate of drug-likeness (QED) is 0.870. The van der Waals surface area contributed by atoms with Crippen molar-refractivity contribution in [3.63, 3.8) is 0 Å². The third-order valence-corrected chi connectivity index (χ3v) is 2.24. The average Bonchev–Trinajstić information content (AvgIpc) is 2.33. The van der Waals surface area contributed by atoms with Crippen molar-refractivity contribution in [3.8, 4) is 11.3 Å². The number of carboxylic acids is 1. The van der Waals surface area contributed by atoms with Crippen molar-refractivity contribution in [3.05, 3.63) is 53.7 Å². The summed E-state index contributed by atoms with van der Waals surface area (Å²) in [5.41, 5.74) is -0.419. The van der Waals surface area contributed by atoms with Gasteiger partial charge in [-0.25, -0.2) is 13.6 Å². The van der Waals surface area contributed by atoms with Crippen molar-refractivity contribution >= 4 is 5.97 Å². The highest BCUT2D eigenvalue weighted by Gasteiger charge is 2.17. The number of aromatic nitrogens is 1. The van der Waals surface area contributed by atoms with E-state index in [4.69, 9.17) is 5.11 Å². The Bertz CT molecular complexity index is 584. The number of carbonyl (C=O) groups is 1. The average molecular weight is 235 g/mol. The molecule has 86 valence electrons. The van der Waals surface area contributed by atoms with E-state index in [1.54, 1.807) is 0 Å². The van der Waals surface area contributed by atoms with Crippen LogP contribution in [0.3, 0.4) is 0 Å². The van der Waals surface area contributed by atoms with E-state index in [0.717, 1.165) is 6.07 Å². The van der Waals surface area contributed by atoms with E-state index in [1.807, 2.05) is 0 Å². The Kier molecular flexibility index (Phi) is 2.82. The minimum atomic E-state index is -1.24. The first-order valence-electron chi connectivity index (χ1n) is 4.74. The number of nitrogens with zero attached hydrogens (tertiary/aromatic N) is 1. The van der Waals surface area contributed by atoms with Gasteiger partial charge in [-0.05, 0) is 24.3 Å². The van der Waals surface area contributed by atoms with Crippen LogP contribution in [0.1, 0.15) is 10.4 Å². The monoisotopic (exact) mass is 235 g/mol. The molecule has 0 saturated carbocycles. The molecule has 0 atom stereocenters. The van der Waals surface area contributed by atoms with E-state index in [1.165, 1.54) is 30.5 Å². The van der Waals surface area contributed by atoms with Crippen molar-refractivity contribution < 1.29 is 18.7 Å². The van der Waals surface area contributed by atoms with Crippen LogP contribution in [-0.2, 0) is 0 Å². The molecule has 0 radical (unpaired) electrons. The fraction of sp³-hybridized carbons (Fsp3) is 0. The van der Waals surface area contributed by atoms with Crippen molar-refractivity contribution in [2.45, 2.75) is 0 Å². The summed E-state index contributed by atoms with van der Waals surface area (Å²) in [7, 11) is 0. The predicted octanol–water partition coefficient (Wildman–Crippen LogP) is 2.73. The zero-order valence-corrected chi connectivity index (χ0v) is 8.52. The number of hydrogen-bond acceptors (Lipinski definition) is 2. The van der Waals surface area contributed by atoms with Gasteiger partial charge in [0.15, 0.2) is 11.6 Å². The summed E-state index contributed by atoms with van der Waals surface area (Å²) < 4.78 is 26.6. The number of hydrogen-bond donors (Lipinski definition) is 1. The highest BCUT2D eigenvalue weighted by Crippen LogP contribution is 2.25. The van der Waals surface area contributed by atoms with Crippen LogP contribution in [0.15, 0.2) is 36.5 Å². The molecule has 2 aromatic rings. The molecule has 0 aliphatic rings.